The lowest BCUT2D eigenvalue weighted by Gasteiger charge is -2.15. The smallest absolute Gasteiger partial charge is 0.405 e. The van der Waals surface area contributed by atoms with Gasteiger partial charge in [0, 0.05) is 5.56 Å². The minimum Gasteiger partial charge on any atom is -0.405 e. The van der Waals surface area contributed by atoms with Crippen molar-refractivity contribution in [2.24, 2.45) is 0 Å². The van der Waals surface area contributed by atoms with Crippen molar-refractivity contribution in [1.29, 1.82) is 0 Å². The zero-order valence-corrected chi connectivity index (χ0v) is 12.2. The topological polar surface area (TPSA) is 9.23 Å². The maximum Gasteiger partial charge on any atom is 0.573 e. The zero-order valence-electron chi connectivity index (χ0n) is 12.2. The van der Waals surface area contributed by atoms with Crippen molar-refractivity contribution in [3.05, 3.63) is 53.6 Å². The van der Waals surface area contributed by atoms with Gasteiger partial charge in [0.1, 0.15) is 5.75 Å². The highest BCUT2D eigenvalue weighted by Crippen LogP contribution is 2.35. The lowest BCUT2D eigenvalue weighted by atomic mass is 9.98. The first-order valence-electron chi connectivity index (χ1n) is 6.73. The number of hydrogen-bond acceptors (Lipinski definition) is 1. The second kappa shape index (κ2) is 5.80. The Hall–Kier alpha value is -1.97. The SMILES string of the molecule is Cc1ccc(-c2ccc(C(C)C)cc2)c(OC(F)(F)F)c1. The van der Waals surface area contributed by atoms with E-state index in [4.69, 9.17) is 0 Å². The third-order valence-electron chi connectivity index (χ3n) is 3.25. The molecule has 2 aromatic carbocycles. The van der Waals surface area contributed by atoms with Crippen LogP contribution in [0.15, 0.2) is 42.5 Å². The Kier molecular flexibility index (Phi) is 4.26. The summed E-state index contributed by atoms with van der Waals surface area (Å²) in [5.41, 5.74) is 3.01. The second-order valence-corrected chi connectivity index (χ2v) is 5.32. The quantitative estimate of drug-likeness (QED) is 0.707. The molecule has 0 aliphatic carbocycles. The van der Waals surface area contributed by atoms with Gasteiger partial charge in [-0.15, -0.1) is 13.2 Å². The molecule has 0 unspecified atom stereocenters. The first-order chi connectivity index (χ1) is 9.76. The van der Waals surface area contributed by atoms with Crippen LogP contribution >= 0.6 is 0 Å². The highest BCUT2D eigenvalue weighted by molar-refractivity contribution is 5.71. The number of alkyl halides is 3. The van der Waals surface area contributed by atoms with Crippen LogP contribution in [0.2, 0.25) is 0 Å². The van der Waals surface area contributed by atoms with Gasteiger partial charge in [-0.25, -0.2) is 0 Å². The third kappa shape index (κ3) is 4.00. The van der Waals surface area contributed by atoms with Gasteiger partial charge in [-0.3, -0.25) is 0 Å². The van der Waals surface area contributed by atoms with Crippen LogP contribution in [0.5, 0.6) is 5.75 Å². The van der Waals surface area contributed by atoms with Gasteiger partial charge < -0.3 is 4.74 Å². The highest BCUT2D eigenvalue weighted by atomic mass is 19.4. The standard InChI is InChI=1S/C17H17F3O/c1-11(2)13-5-7-14(8-6-13)15-9-4-12(3)10-16(15)21-17(18,19)20/h4-11H,1-3H3. The van der Waals surface area contributed by atoms with Gasteiger partial charge in [0.15, 0.2) is 0 Å². The summed E-state index contributed by atoms with van der Waals surface area (Å²) < 4.78 is 41.7. The van der Waals surface area contributed by atoms with E-state index in [2.05, 4.69) is 18.6 Å². The maximum atomic E-state index is 12.5. The summed E-state index contributed by atoms with van der Waals surface area (Å²) in [5, 5.41) is 0. The van der Waals surface area contributed by atoms with Gasteiger partial charge in [-0.1, -0.05) is 50.2 Å². The molecular formula is C17H17F3O. The summed E-state index contributed by atoms with van der Waals surface area (Å²) in [5.74, 6) is 0.211. The molecule has 0 aromatic heterocycles. The molecule has 112 valence electrons. The van der Waals surface area contributed by atoms with Crippen molar-refractivity contribution >= 4 is 0 Å². The monoisotopic (exact) mass is 294 g/mol. The molecule has 0 N–H and O–H groups in total. The molecule has 1 nitrogen and oxygen atoms in total. The van der Waals surface area contributed by atoms with E-state index in [1.54, 1.807) is 19.1 Å². The average molecular weight is 294 g/mol. The molecule has 0 spiro atoms. The van der Waals surface area contributed by atoms with E-state index in [9.17, 15) is 13.2 Å². The Labute approximate surface area is 122 Å². The van der Waals surface area contributed by atoms with E-state index in [1.165, 1.54) is 6.07 Å². The Bertz CT molecular complexity index is 613. The predicted molar refractivity (Wildman–Crippen MR) is 77.4 cm³/mol. The van der Waals surface area contributed by atoms with Gasteiger partial charge in [0.25, 0.3) is 0 Å². The number of benzene rings is 2. The van der Waals surface area contributed by atoms with Crippen molar-refractivity contribution in [2.75, 3.05) is 0 Å². The van der Waals surface area contributed by atoms with Crippen molar-refractivity contribution < 1.29 is 17.9 Å². The molecule has 0 aliphatic heterocycles. The fourth-order valence-corrected chi connectivity index (χ4v) is 2.12. The van der Waals surface area contributed by atoms with Gasteiger partial charge >= 0.3 is 6.36 Å². The van der Waals surface area contributed by atoms with Crippen molar-refractivity contribution in [1.82, 2.24) is 0 Å². The fraction of sp³-hybridized carbons (Fsp3) is 0.294. The van der Waals surface area contributed by atoms with Gasteiger partial charge in [-0.05, 0) is 35.6 Å². The molecule has 0 aliphatic rings. The van der Waals surface area contributed by atoms with Gasteiger partial charge in [-0.2, -0.15) is 0 Å². The molecule has 0 atom stereocenters. The van der Waals surface area contributed by atoms with Crippen LogP contribution < -0.4 is 4.74 Å². The molecule has 0 heterocycles. The number of aryl methyl sites for hydroxylation is 1. The normalized spacial score (nSPS) is 11.8. The van der Waals surface area contributed by atoms with Gasteiger partial charge in [0.05, 0.1) is 0 Å². The molecule has 0 bridgehead atoms. The van der Waals surface area contributed by atoms with Crippen molar-refractivity contribution in [2.45, 2.75) is 33.1 Å². The van der Waals surface area contributed by atoms with E-state index < -0.39 is 6.36 Å². The lowest BCUT2D eigenvalue weighted by Crippen LogP contribution is -2.17. The van der Waals surface area contributed by atoms with Crippen LogP contribution in [0.4, 0.5) is 13.2 Å². The predicted octanol–water partition coefficient (Wildman–Crippen LogP) is 5.68. The van der Waals surface area contributed by atoms with E-state index in [0.717, 1.165) is 11.1 Å². The summed E-state index contributed by atoms with van der Waals surface area (Å²) in [6.45, 7) is 5.87. The van der Waals surface area contributed by atoms with E-state index in [1.807, 2.05) is 24.3 Å². The summed E-state index contributed by atoms with van der Waals surface area (Å²) in [6, 6.07) is 12.3. The third-order valence-corrected chi connectivity index (χ3v) is 3.25. The largest absolute Gasteiger partial charge is 0.573 e. The van der Waals surface area contributed by atoms with Crippen molar-refractivity contribution in [3.8, 4) is 16.9 Å². The molecule has 2 rings (SSSR count). The van der Waals surface area contributed by atoms with E-state index >= 15 is 0 Å². The highest BCUT2D eigenvalue weighted by Gasteiger charge is 2.32. The first-order valence-corrected chi connectivity index (χ1v) is 6.73. The molecule has 0 amide bonds. The van der Waals surface area contributed by atoms with Crippen LogP contribution in [-0.4, -0.2) is 6.36 Å². The Morgan fingerprint density at radius 3 is 2.10 bits per heavy atom. The van der Waals surface area contributed by atoms with Gasteiger partial charge in [0.2, 0.25) is 0 Å². The minimum absolute atomic E-state index is 0.167. The fourth-order valence-electron chi connectivity index (χ4n) is 2.12. The van der Waals surface area contributed by atoms with E-state index in [-0.39, 0.29) is 5.75 Å². The summed E-state index contributed by atoms with van der Waals surface area (Å²) in [7, 11) is 0. The lowest BCUT2D eigenvalue weighted by molar-refractivity contribution is -0.274. The second-order valence-electron chi connectivity index (χ2n) is 5.32. The summed E-state index contributed by atoms with van der Waals surface area (Å²) in [6.07, 6.45) is -4.69. The Morgan fingerprint density at radius 2 is 1.57 bits per heavy atom. The molecule has 0 fully saturated rings. The molecule has 21 heavy (non-hydrogen) atoms. The summed E-state index contributed by atoms with van der Waals surface area (Å²) >= 11 is 0. The number of rotatable bonds is 3. The maximum absolute atomic E-state index is 12.5. The van der Waals surface area contributed by atoms with Crippen LogP contribution in [-0.2, 0) is 0 Å². The van der Waals surface area contributed by atoms with Crippen molar-refractivity contribution in [3.63, 3.8) is 0 Å². The minimum atomic E-state index is -4.69. The molecule has 2 aromatic rings. The number of ether oxygens (including phenoxy) is 1. The van der Waals surface area contributed by atoms with Crippen LogP contribution in [0.1, 0.15) is 30.9 Å². The molecule has 0 radical (unpaired) electrons. The number of hydrogen-bond donors (Lipinski definition) is 0. The Morgan fingerprint density at radius 1 is 0.952 bits per heavy atom. The first kappa shape index (κ1) is 15.4. The van der Waals surface area contributed by atoms with Crippen LogP contribution in [0.3, 0.4) is 0 Å². The van der Waals surface area contributed by atoms with Crippen LogP contribution in [0.25, 0.3) is 11.1 Å². The molecular weight excluding hydrogens is 277 g/mol. The average Bonchev–Trinajstić information content (AvgIpc) is 2.37. The number of halogens is 3. The molecule has 4 heteroatoms. The van der Waals surface area contributed by atoms with E-state index in [0.29, 0.717) is 17.0 Å². The zero-order chi connectivity index (χ0) is 15.6. The molecule has 0 saturated carbocycles. The molecule has 0 saturated heterocycles. The Balaban J connectivity index is 2.43. The van der Waals surface area contributed by atoms with Crippen LogP contribution in [0, 0.1) is 6.92 Å². The summed E-state index contributed by atoms with van der Waals surface area (Å²) in [4.78, 5) is 0.